The number of carbonyl (C=O) groups excluding carboxylic acids is 1. The van der Waals surface area contributed by atoms with Gasteiger partial charge in [-0.25, -0.2) is 4.79 Å². The molecule has 0 aliphatic carbocycles. The van der Waals surface area contributed by atoms with Gasteiger partial charge in [0.05, 0.1) is 6.21 Å². The smallest absolute Gasteiger partial charge is 0.353 e. The van der Waals surface area contributed by atoms with Gasteiger partial charge in [0.2, 0.25) is 0 Å². The zero-order valence-corrected chi connectivity index (χ0v) is 15.1. The molecule has 0 aliphatic heterocycles. The standard InChI is InChI=1S/C16H12N2O4S3/c19-16(14-3-1-9-23-14)22-13-7-5-12(6-8-13)11-17-18-25(20,21)15-4-2-10-24-15/h1-11,18H/b17-11+. The highest BCUT2D eigenvalue weighted by Gasteiger charge is 2.13. The molecule has 0 saturated heterocycles. The molecule has 128 valence electrons. The molecule has 3 rings (SSSR count). The van der Waals surface area contributed by atoms with Crippen LogP contribution in [0.1, 0.15) is 15.2 Å². The first-order valence-electron chi connectivity index (χ1n) is 6.99. The summed E-state index contributed by atoms with van der Waals surface area (Å²) in [7, 11) is -3.63. The summed E-state index contributed by atoms with van der Waals surface area (Å²) in [6.45, 7) is 0. The molecular formula is C16H12N2O4S3. The molecule has 0 bridgehead atoms. The van der Waals surface area contributed by atoms with Crippen molar-refractivity contribution in [1.29, 1.82) is 0 Å². The Morgan fingerprint density at radius 1 is 1.04 bits per heavy atom. The maximum Gasteiger partial charge on any atom is 0.353 e. The Bertz CT molecular complexity index is 961. The molecular weight excluding hydrogens is 380 g/mol. The number of ether oxygens (including phenoxy) is 1. The highest BCUT2D eigenvalue weighted by Crippen LogP contribution is 2.17. The first-order chi connectivity index (χ1) is 12.0. The van der Waals surface area contributed by atoms with Crippen LogP contribution in [0.3, 0.4) is 0 Å². The quantitative estimate of drug-likeness (QED) is 0.302. The summed E-state index contributed by atoms with van der Waals surface area (Å²) in [4.78, 5) is 14.5. The van der Waals surface area contributed by atoms with E-state index in [1.54, 1.807) is 53.2 Å². The lowest BCUT2D eigenvalue weighted by Gasteiger charge is -2.03. The average Bonchev–Trinajstić information content (AvgIpc) is 3.30. The van der Waals surface area contributed by atoms with Gasteiger partial charge >= 0.3 is 5.97 Å². The van der Waals surface area contributed by atoms with Crippen LogP contribution in [-0.4, -0.2) is 20.6 Å². The maximum absolute atomic E-state index is 11.9. The fourth-order valence-electron chi connectivity index (χ4n) is 1.81. The van der Waals surface area contributed by atoms with E-state index < -0.39 is 16.0 Å². The normalized spacial score (nSPS) is 11.5. The molecule has 0 spiro atoms. The lowest BCUT2D eigenvalue weighted by molar-refractivity contribution is 0.0740. The molecule has 1 aromatic carbocycles. The number of hydrazone groups is 1. The van der Waals surface area contributed by atoms with Crippen molar-refractivity contribution in [3.8, 4) is 5.75 Å². The molecule has 6 nitrogen and oxygen atoms in total. The van der Waals surface area contributed by atoms with Crippen LogP contribution in [0, 0.1) is 0 Å². The van der Waals surface area contributed by atoms with Crippen LogP contribution in [0.4, 0.5) is 0 Å². The summed E-state index contributed by atoms with van der Waals surface area (Å²) >= 11 is 2.42. The van der Waals surface area contributed by atoms with E-state index in [2.05, 4.69) is 9.93 Å². The molecule has 1 N–H and O–H groups in total. The van der Waals surface area contributed by atoms with E-state index in [9.17, 15) is 13.2 Å². The van der Waals surface area contributed by atoms with Gasteiger partial charge in [-0.2, -0.15) is 18.4 Å². The number of sulfonamides is 1. The van der Waals surface area contributed by atoms with Crippen LogP contribution < -0.4 is 9.57 Å². The van der Waals surface area contributed by atoms with Gasteiger partial charge in [-0.05, 0) is 52.7 Å². The monoisotopic (exact) mass is 392 g/mol. The second-order valence-electron chi connectivity index (χ2n) is 4.72. The highest BCUT2D eigenvalue weighted by molar-refractivity contribution is 7.91. The van der Waals surface area contributed by atoms with Crippen molar-refractivity contribution >= 4 is 44.9 Å². The first kappa shape index (κ1) is 17.3. The molecule has 0 atom stereocenters. The average molecular weight is 392 g/mol. The van der Waals surface area contributed by atoms with E-state index in [1.165, 1.54) is 23.6 Å². The Hall–Kier alpha value is -2.49. The molecule has 25 heavy (non-hydrogen) atoms. The summed E-state index contributed by atoms with van der Waals surface area (Å²) in [5.74, 6) is -0.0187. The van der Waals surface area contributed by atoms with Gasteiger partial charge in [-0.3, -0.25) is 0 Å². The van der Waals surface area contributed by atoms with Crippen LogP contribution in [-0.2, 0) is 10.0 Å². The van der Waals surface area contributed by atoms with Crippen LogP contribution in [0.2, 0.25) is 0 Å². The fraction of sp³-hybridized carbons (Fsp3) is 0. The van der Waals surface area contributed by atoms with Crippen molar-refractivity contribution in [3.63, 3.8) is 0 Å². The minimum absolute atomic E-state index is 0.195. The third-order valence-corrected chi connectivity index (χ3v) is 6.43. The molecule has 0 aliphatic rings. The predicted molar refractivity (Wildman–Crippen MR) is 98.0 cm³/mol. The minimum Gasteiger partial charge on any atom is -0.422 e. The Kier molecular flexibility index (Phi) is 5.27. The van der Waals surface area contributed by atoms with Crippen LogP contribution >= 0.6 is 22.7 Å². The van der Waals surface area contributed by atoms with Crippen molar-refractivity contribution < 1.29 is 17.9 Å². The summed E-state index contributed by atoms with van der Waals surface area (Å²) in [5.41, 5.74) is 0.657. The van der Waals surface area contributed by atoms with E-state index in [1.807, 2.05) is 0 Å². The van der Waals surface area contributed by atoms with Crippen molar-refractivity contribution in [2.45, 2.75) is 4.21 Å². The van der Waals surface area contributed by atoms with Crippen LogP contribution in [0.5, 0.6) is 5.75 Å². The van der Waals surface area contributed by atoms with Gasteiger partial charge in [-0.15, -0.1) is 22.7 Å². The molecule has 2 aromatic heterocycles. The van der Waals surface area contributed by atoms with Crippen molar-refractivity contribution in [2.24, 2.45) is 5.10 Å². The Morgan fingerprint density at radius 2 is 1.76 bits per heavy atom. The Labute approximate surface area is 152 Å². The number of nitrogens with zero attached hydrogens (tertiary/aromatic N) is 1. The molecule has 2 heterocycles. The van der Waals surface area contributed by atoms with Crippen LogP contribution in [0.25, 0.3) is 0 Å². The predicted octanol–water partition coefficient (Wildman–Crippen LogP) is 3.34. The largest absolute Gasteiger partial charge is 0.422 e. The summed E-state index contributed by atoms with van der Waals surface area (Å²) in [6.07, 6.45) is 1.37. The lowest BCUT2D eigenvalue weighted by Crippen LogP contribution is -2.17. The Balaban J connectivity index is 1.60. The van der Waals surface area contributed by atoms with Crippen molar-refractivity contribution in [3.05, 3.63) is 69.7 Å². The van der Waals surface area contributed by atoms with E-state index >= 15 is 0 Å². The maximum atomic E-state index is 11.9. The van der Waals surface area contributed by atoms with E-state index in [-0.39, 0.29) is 4.21 Å². The zero-order chi connectivity index (χ0) is 17.7. The second-order valence-corrected chi connectivity index (χ2v) is 8.50. The number of hydrogen-bond donors (Lipinski definition) is 1. The molecule has 0 unspecified atom stereocenters. The van der Waals surface area contributed by atoms with Gasteiger partial charge in [0.15, 0.2) is 0 Å². The molecule has 0 saturated carbocycles. The highest BCUT2D eigenvalue weighted by atomic mass is 32.2. The SMILES string of the molecule is O=C(Oc1ccc(/C=N/NS(=O)(=O)c2cccs2)cc1)c1cccs1. The molecule has 0 amide bonds. The molecule has 9 heteroatoms. The lowest BCUT2D eigenvalue weighted by atomic mass is 10.2. The number of esters is 1. The molecule has 3 aromatic rings. The number of carbonyl (C=O) groups is 1. The van der Waals surface area contributed by atoms with Gasteiger partial charge in [0.1, 0.15) is 14.8 Å². The summed E-state index contributed by atoms with van der Waals surface area (Å²) in [5, 5.41) is 7.21. The number of rotatable bonds is 6. The fourth-order valence-corrected chi connectivity index (χ4v) is 4.18. The zero-order valence-electron chi connectivity index (χ0n) is 12.7. The van der Waals surface area contributed by atoms with Gasteiger partial charge in [0.25, 0.3) is 10.0 Å². The second kappa shape index (κ2) is 7.60. The number of benzene rings is 1. The summed E-state index contributed by atoms with van der Waals surface area (Å²) in [6, 6.07) is 13.2. The Morgan fingerprint density at radius 3 is 2.40 bits per heavy atom. The van der Waals surface area contributed by atoms with E-state index in [0.717, 1.165) is 11.3 Å². The van der Waals surface area contributed by atoms with E-state index in [4.69, 9.17) is 4.74 Å². The topological polar surface area (TPSA) is 84.8 Å². The van der Waals surface area contributed by atoms with Gasteiger partial charge < -0.3 is 4.74 Å². The first-order valence-corrected chi connectivity index (χ1v) is 10.2. The van der Waals surface area contributed by atoms with Crippen molar-refractivity contribution in [2.75, 3.05) is 0 Å². The third kappa shape index (κ3) is 4.53. The van der Waals surface area contributed by atoms with Crippen LogP contribution in [0.15, 0.2) is 68.6 Å². The minimum atomic E-state index is -3.63. The third-order valence-electron chi connectivity index (χ3n) is 2.96. The molecule has 0 radical (unpaired) electrons. The van der Waals surface area contributed by atoms with Gasteiger partial charge in [-0.1, -0.05) is 12.1 Å². The van der Waals surface area contributed by atoms with Gasteiger partial charge in [0, 0.05) is 0 Å². The number of thiophene rings is 2. The molecule has 0 fully saturated rings. The summed E-state index contributed by atoms with van der Waals surface area (Å²) < 4.78 is 29.2. The number of hydrogen-bond acceptors (Lipinski definition) is 7. The number of nitrogens with one attached hydrogen (secondary N) is 1. The van der Waals surface area contributed by atoms with E-state index in [0.29, 0.717) is 16.2 Å². The van der Waals surface area contributed by atoms with Crippen molar-refractivity contribution in [1.82, 2.24) is 4.83 Å².